The minimum Gasteiger partial charge on any atom is -0.375 e. The van der Waals surface area contributed by atoms with Crippen LogP contribution in [0.25, 0.3) is 0 Å². The van der Waals surface area contributed by atoms with E-state index < -0.39 is 0 Å². The van der Waals surface area contributed by atoms with E-state index in [9.17, 15) is 4.79 Å². The van der Waals surface area contributed by atoms with Crippen LogP contribution in [0, 0.1) is 0 Å². The smallest absolute Gasteiger partial charge is 0.222 e. The summed E-state index contributed by atoms with van der Waals surface area (Å²) in [5.41, 5.74) is 0. The summed E-state index contributed by atoms with van der Waals surface area (Å²) < 4.78 is 5.53. The first kappa shape index (κ1) is 14.5. The summed E-state index contributed by atoms with van der Waals surface area (Å²) in [6, 6.07) is 0.245. The van der Waals surface area contributed by atoms with E-state index >= 15 is 0 Å². The number of ether oxygens (including phenoxy) is 1. The van der Waals surface area contributed by atoms with E-state index in [1.807, 2.05) is 11.8 Å². The highest BCUT2D eigenvalue weighted by molar-refractivity contribution is 5.76. The number of hydrogen-bond donors (Lipinski definition) is 0. The van der Waals surface area contributed by atoms with Gasteiger partial charge >= 0.3 is 0 Å². The highest BCUT2D eigenvalue weighted by Gasteiger charge is 2.26. The molecule has 0 aromatic heterocycles. The molecule has 0 aromatic carbocycles. The van der Waals surface area contributed by atoms with Crippen molar-refractivity contribution in [1.82, 2.24) is 4.90 Å². The fourth-order valence-electron chi connectivity index (χ4n) is 2.27. The Hall–Kier alpha value is -0.570. The van der Waals surface area contributed by atoms with Crippen molar-refractivity contribution >= 4 is 5.91 Å². The zero-order valence-corrected chi connectivity index (χ0v) is 11.6. The van der Waals surface area contributed by atoms with Gasteiger partial charge in [0.15, 0.2) is 0 Å². The van der Waals surface area contributed by atoms with E-state index in [1.165, 1.54) is 25.7 Å². The lowest BCUT2D eigenvalue weighted by Gasteiger charge is -2.36. The zero-order chi connectivity index (χ0) is 12.7. The van der Waals surface area contributed by atoms with E-state index in [4.69, 9.17) is 4.74 Å². The molecule has 1 aliphatic heterocycles. The van der Waals surface area contributed by atoms with Gasteiger partial charge < -0.3 is 9.64 Å². The monoisotopic (exact) mass is 241 g/mol. The SMILES string of the molecule is CCCCCCCC(=O)N1C[C@@H](C)OC[C@@H]1C. The summed E-state index contributed by atoms with van der Waals surface area (Å²) in [4.78, 5) is 14.1. The molecule has 3 nitrogen and oxygen atoms in total. The molecule has 100 valence electrons. The molecule has 0 bridgehead atoms. The van der Waals surface area contributed by atoms with Gasteiger partial charge in [-0.05, 0) is 20.3 Å². The van der Waals surface area contributed by atoms with E-state index in [0.717, 1.165) is 13.0 Å². The minimum atomic E-state index is 0.190. The fraction of sp³-hybridized carbons (Fsp3) is 0.929. The number of amides is 1. The van der Waals surface area contributed by atoms with E-state index in [2.05, 4.69) is 13.8 Å². The van der Waals surface area contributed by atoms with Crippen LogP contribution in [0.5, 0.6) is 0 Å². The van der Waals surface area contributed by atoms with Gasteiger partial charge in [-0.3, -0.25) is 4.79 Å². The average molecular weight is 241 g/mol. The van der Waals surface area contributed by atoms with Gasteiger partial charge in [-0.15, -0.1) is 0 Å². The number of carbonyl (C=O) groups excluding carboxylic acids is 1. The van der Waals surface area contributed by atoms with Gasteiger partial charge in [0.25, 0.3) is 0 Å². The van der Waals surface area contributed by atoms with Crippen LogP contribution in [0.15, 0.2) is 0 Å². The summed E-state index contributed by atoms with van der Waals surface area (Å²) in [6.07, 6.45) is 6.94. The third kappa shape index (κ3) is 5.07. The Morgan fingerprint density at radius 1 is 1.24 bits per heavy atom. The Bertz CT molecular complexity index is 230. The largest absolute Gasteiger partial charge is 0.375 e. The molecular formula is C14H27NO2. The van der Waals surface area contributed by atoms with Gasteiger partial charge in [0.2, 0.25) is 5.91 Å². The molecule has 0 spiro atoms. The van der Waals surface area contributed by atoms with Crippen molar-refractivity contribution < 1.29 is 9.53 Å². The maximum absolute atomic E-state index is 12.1. The van der Waals surface area contributed by atoms with Gasteiger partial charge in [0, 0.05) is 13.0 Å². The Balaban J connectivity index is 2.21. The molecule has 1 saturated heterocycles. The molecule has 0 radical (unpaired) electrons. The van der Waals surface area contributed by atoms with Crippen LogP contribution in [0.2, 0.25) is 0 Å². The third-order valence-corrected chi connectivity index (χ3v) is 3.42. The topological polar surface area (TPSA) is 29.5 Å². The summed E-state index contributed by atoms with van der Waals surface area (Å²) >= 11 is 0. The van der Waals surface area contributed by atoms with Crippen LogP contribution in [0.1, 0.15) is 59.3 Å². The number of morpholine rings is 1. The van der Waals surface area contributed by atoms with Gasteiger partial charge in [-0.1, -0.05) is 32.6 Å². The fourth-order valence-corrected chi connectivity index (χ4v) is 2.27. The van der Waals surface area contributed by atoms with E-state index in [-0.39, 0.29) is 12.1 Å². The molecule has 0 saturated carbocycles. The molecule has 1 fully saturated rings. The predicted octanol–water partition coefficient (Wildman–Crippen LogP) is 2.98. The second-order valence-electron chi connectivity index (χ2n) is 5.20. The normalized spacial score (nSPS) is 25.0. The number of hydrogen-bond acceptors (Lipinski definition) is 2. The van der Waals surface area contributed by atoms with Crippen LogP contribution in [0.4, 0.5) is 0 Å². The quantitative estimate of drug-likeness (QED) is 0.669. The average Bonchev–Trinajstić information content (AvgIpc) is 2.32. The van der Waals surface area contributed by atoms with Crippen molar-refractivity contribution in [2.45, 2.75) is 71.4 Å². The molecule has 0 N–H and O–H groups in total. The molecule has 3 heteroatoms. The molecule has 1 heterocycles. The number of carbonyl (C=O) groups is 1. The summed E-state index contributed by atoms with van der Waals surface area (Å²) in [7, 11) is 0. The third-order valence-electron chi connectivity index (χ3n) is 3.42. The van der Waals surface area contributed by atoms with Crippen LogP contribution < -0.4 is 0 Å². The summed E-state index contributed by atoms with van der Waals surface area (Å²) in [6.45, 7) is 7.76. The van der Waals surface area contributed by atoms with Crippen LogP contribution in [-0.2, 0) is 9.53 Å². The van der Waals surface area contributed by atoms with Crippen molar-refractivity contribution in [3.8, 4) is 0 Å². The highest BCUT2D eigenvalue weighted by atomic mass is 16.5. The molecule has 2 atom stereocenters. The van der Waals surface area contributed by atoms with Crippen molar-refractivity contribution in [1.29, 1.82) is 0 Å². The van der Waals surface area contributed by atoms with Crippen LogP contribution in [-0.4, -0.2) is 36.1 Å². The Labute approximate surface area is 106 Å². The number of rotatable bonds is 6. The lowest BCUT2D eigenvalue weighted by Crippen LogP contribution is -2.50. The standard InChI is InChI=1S/C14H27NO2/c1-4-5-6-7-8-9-14(16)15-10-13(3)17-11-12(15)2/h12-13H,4-11H2,1-3H3/t12-,13+/m0/s1. The molecule has 0 aliphatic carbocycles. The van der Waals surface area contributed by atoms with Crippen molar-refractivity contribution in [3.63, 3.8) is 0 Å². The molecule has 1 rings (SSSR count). The maximum Gasteiger partial charge on any atom is 0.222 e. The molecule has 1 aliphatic rings. The summed E-state index contributed by atoms with van der Waals surface area (Å²) in [5, 5.41) is 0. The second kappa shape index (κ2) is 7.70. The minimum absolute atomic E-state index is 0.190. The van der Waals surface area contributed by atoms with Crippen LogP contribution in [0.3, 0.4) is 0 Å². The molecule has 0 unspecified atom stereocenters. The van der Waals surface area contributed by atoms with Crippen molar-refractivity contribution in [2.75, 3.05) is 13.2 Å². The van der Waals surface area contributed by atoms with Gasteiger partial charge in [0.05, 0.1) is 18.8 Å². The number of unbranched alkanes of at least 4 members (excludes halogenated alkanes) is 4. The predicted molar refractivity (Wildman–Crippen MR) is 70.0 cm³/mol. The first-order chi connectivity index (χ1) is 8.15. The van der Waals surface area contributed by atoms with Gasteiger partial charge in [-0.2, -0.15) is 0 Å². The first-order valence-corrected chi connectivity index (χ1v) is 7.06. The Morgan fingerprint density at radius 3 is 2.65 bits per heavy atom. The summed E-state index contributed by atoms with van der Waals surface area (Å²) in [5.74, 6) is 0.309. The molecule has 1 amide bonds. The Kier molecular flexibility index (Phi) is 6.56. The van der Waals surface area contributed by atoms with E-state index in [1.54, 1.807) is 0 Å². The first-order valence-electron chi connectivity index (χ1n) is 7.06. The second-order valence-corrected chi connectivity index (χ2v) is 5.20. The molecule has 0 aromatic rings. The van der Waals surface area contributed by atoms with Crippen molar-refractivity contribution in [3.05, 3.63) is 0 Å². The van der Waals surface area contributed by atoms with E-state index in [0.29, 0.717) is 18.9 Å². The highest BCUT2D eigenvalue weighted by Crippen LogP contribution is 2.14. The van der Waals surface area contributed by atoms with Gasteiger partial charge in [-0.25, -0.2) is 0 Å². The maximum atomic E-state index is 12.1. The number of nitrogens with zero attached hydrogens (tertiary/aromatic N) is 1. The zero-order valence-electron chi connectivity index (χ0n) is 11.6. The lowest BCUT2D eigenvalue weighted by atomic mass is 10.1. The van der Waals surface area contributed by atoms with Crippen LogP contribution >= 0.6 is 0 Å². The molecule has 17 heavy (non-hydrogen) atoms. The van der Waals surface area contributed by atoms with Gasteiger partial charge in [0.1, 0.15) is 0 Å². The molecular weight excluding hydrogens is 214 g/mol. The Morgan fingerprint density at radius 2 is 1.94 bits per heavy atom. The lowest BCUT2D eigenvalue weighted by molar-refractivity contribution is -0.143. The van der Waals surface area contributed by atoms with Crippen molar-refractivity contribution in [2.24, 2.45) is 0 Å².